The normalized spacial score (nSPS) is 32.3. The van der Waals surface area contributed by atoms with E-state index < -0.39 is 12.0 Å². The zero-order valence-electron chi connectivity index (χ0n) is 16.6. The van der Waals surface area contributed by atoms with E-state index in [1.165, 1.54) is 12.1 Å². The van der Waals surface area contributed by atoms with Crippen molar-refractivity contribution in [2.75, 3.05) is 13.1 Å². The van der Waals surface area contributed by atoms with Gasteiger partial charge in [0.1, 0.15) is 5.75 Å². The number of alkyl halides is 3. The number of hydrogen-bond acceptors (Lipinski definition) is 4. The van der Waals surface area contributed by atoms with Crippen LogP contribution in [0.1, 0.15) is 51.5 Å². The second-order valence-corrected chi connectivity index (χ2v) is 8.48. The van der Waals surface area contributed by atoms with Gasteiger partial charge in [-0.05, 0) is 57.2 Å². The second kappa shape index (κ2) is 8.59. The van der Waals surface area contributed by atoms with Gasteiger partial charge in [0.2, 0.25) is 0 Å². The van der Waals surface area contributed by atoms with Crippen LogP contribution in [0.4, 0.5) is 13.2 Å². The minimum absolute atomic E-state index is 0.140. The number of nitrogens with zero attached hydrogens (tertiary/aromatic N) is 1. The molecule has 4 atom stereocenters. The van der Waals surface area contributed by atoms with Crippen molar-refractivity contribution in [3.63, 3.8) is 0 Å². The van der Waals surface area contributed by atoms with Crippen LogP contribution in [0.3, 0.4) is 0 Å². The molecule has 3 rings (SSSR count). The van der Waals surface area contributed by atoms with E-state index in [2.05, 4.69) is 28.8 Å². The van der Waals surface area contributed by atoms with Crippen LogP contribution in [-0.4, -0.2) is 53.2 Å². The SMILES string of the molecule is C[C@@H]1CN(C2CCCCC2(O)CCc2ccc(OC(F)(F)F)cc2)C[C@H](C)N1. The maximum atomic E-state index is 12.3. The highest BCUT2D eigenvalue weighted by Gasteiger charge is 2.43. The van der Waals surface area contributed by atoms with Crippen molar-refractivity contribution >= 4 is 0 Å². The van der Waals surface area contributed by atoms with Gasteiger partial charge >= 0.3 is 6.36 Å². The highest BCUT2D eigenvalue weighted by atomic mass is 19.4. The van der Waals surface area contributed by atoms with Gasteiger partial charge in [0.25, 0.3) is 0 Å². The lowest BCUT2D eigenvalue weighted by Crippen LogP contribution is -2.63. The van der Waals surface area contributed by atoms with E-state index in [0.29, 0.717) is 24.9 Å². The average molecular weight is 400 g/mol. The zero-order chi connectivity index (χ0) is 20.4. The molecule has 1 saturated carbocycles. The van der Waals surface area contributed by atoms with Crippen LogP contribution in [0.25, 0.3) is 0 Å². The Morgan fingerprint density at radius 1 is 1.14 bits per heavy atom. The number of halogens is 3. The van der Waals surface area contributed by atoms with Crippen LogP contribution in [0.5, 0.6) is 5.75 Å². The molecule has 1 aliphatic heterocycles. The molecular formula is C21H31F3N2O2. The van der Waals surface area contributed by atoms with Gasteiger partial charge < -0.3 is 15.2 Å². The van der Waals surface area contributed by atoms with E-state index in [9.17, 15) is 18.3 Å². The molecule has 28 heavy (non-hydrogen) atoms. The highest BCUT2D eigenvalue weighted by molar-refractivity contribution is 5.27. The number of piperazine rings is 1. The molecule has 2 unspecified atom stereocenters. The number of benzene rings is 1. The molecule has 1 aromatic rings. The van der Waals surface area contributed by atoms with E-state index in [1.807, 2.05) is 0 Å². The topological polar surface area (TPSA) is 44.7 Å². The van der Waals surface area contributed by atoms with Crippen molar-refractivity contribution in [3.05, 3.63) is 29.8 Å². The summed E-state index contributed by atoms with van der Waals surface area (Å²) in [5.41, 5.74) is 0.158. The quantitative estimate of drug-likeness (QED) is 0.788. The molecule has 1 saturated heterocycles. The summed E-state index contributed by atoms with van der Waals surface area (Å²) >= 11 is 0. The lowest BCUT2D eigenvalue weighted by Gasteiger charge is -2.49. The van der Waals surface area contributed by atoms with E-state index in [0.717, 1.165) is 44.3 Å². The molecular weight excluding hydrogens is 369 g/mol. The van der Waals surface area contributed by atoms with Crippen LogP contribution >= 0.6 is 0 Å². The van der Waals surface area contributed by atoms with Crippen molar-refractivity contribution in [1.82, 2.24) is 10.2 Å². The maximum absolute atomic E-state index is 12.3. The lowest BCUT2D eigenvalue weighted by molar-refractivity contribution is -0.274. The van der Waals surface area contributed by atoms with Crippen LogP contribution in [0, 0.1) is 0 Å². The van der Waals surface area contributed by atoms with E-state index in [1.54, 1.807) is 12.1 Å². The van der Waals surface area contributed by atoms with Gasteiger partial charge in [0.05, 0.1) is 5.60 Å². The van der Waals surface area contributed by atoms with Crippen LogP contribution < -0.4 is 10.1 Å². The third kappa shape index (κ3) is 5.61. The van der Waals surface area contributed by atoms with Crippen LogP contribution in [0.2, 0.25) is 0 Å². The zero-order valence-corrected chi connectivity index (χ0v) is 16.6. The highest BCUT2D eigenvalue weighted by Crippen LogP contribution is 2.36. The molecule has 7 heteroatoms. The predicted octanol–water partition coefficient (Wildman–Crippen LogP) is 3.87. The number of nitrogens with one attached hydrogen (secondary N) is 1. The Morgan fingerprint density at radius 3 is 2.39 bits per heavy atom. The van der Waals surface area contributed by atoms with Gasteiger partial charge in [0.15, 0.2) is 0 Å². The molecule has 0 aromatic heterocycles. The average Bonchev–Trinajstić information content (AvgIpc) is 2.59. The van der Waals surface area contributed by atoms with Gasteiger partial charge in [-0.2, -0.15) is 0 Å². The van der Waals surface area contributed by atoms with E-state index >= 15 is 0 Å². The monoisotopic (exact) mass is 400 g/mol. The van der Waals surface area contributed by atoms with Gasteiger partial charge in [0, 0.05) is 31.2 Å². The van der Waals surface area contributed by atoms with Crippen molar-refractivity contribution in [1.29, 1.82) is 0 Å². The van der Waals surface area contributed by atoms with Crippen LogP contribution in [0.15, 0.2) is 24.3 Å². The van der Waals surface area contributed by atoms with E-state index in [-0.39, 0.29) is 11.8 Å². The smallest absolute Gasteiger partial charge is 0.406 e. The molecule has 0 radical (unpaired) electrons. The lowest BCUT2D eigenvalue weighted by atomic mass is 9.75. The fraction of sp³-hybridized carbons (Fsp3) is 0.714. The molecule has 0 bridgehead atoms. The molecule has 158 valence electrons. The maximum Gasteiger partial charge on any atom is 0.573 e. The Balaban J connectivity index is 1.63. The molecule has 1 aromatic carbocycles. The Bertz CT molecular complexity index is 628. The Labute approximate surface area is 165 Å². The number of hydrogen-bond donors (Lipinski definition) is 2. The van der Waals surface area contributed by atoms with Crippen molar-refractivity contribution in [2.45, 2.75) is 82.5 Å². The van der Waals surface area contributed by atoms with Gasteiger partial charge in [-0.25, -0.2) is 0 Å². The Morgan fingerprint density at radius 2 is 1.79 bits per heavy atom. The Kier molecular flexibility index (Phi) is 6.57. The molecule has 2 aliphatic rings. The third-order valence-corrected chi connectivity index (χ3v) is 5.99. The van der Waals surface area contributed by atoms with Gasteiger partial charge in [-0.15, -0.1) is 13.2 Å². The van der Waals surface area contributed by atoms with Crippen molar-refractivity contribution < 1.29 is 23.0 Å². The molecule has 0 spiro atoms. The molecule has 0 amide bonds. The number of ether oxygens (including phenoxy) is 1. The number of aliphatic hydroxyl groups is 1. The first kappa shape index (κ1) is 21.4. The predicted molar refractivity (Wildman–Crippen MR) is 102 cm³/mol. The fourth-order valence-corrected chi connectivity index (χ4v) is 4.86. The second-order valence-electron chi connectivity index (χ2n) is 8.48. The summed E-state index contributed by atoms with van der Waals surface area (Å²) in [6.07, 6.45) is 0.490. The van der Waals surface area contributed by atoms with Crippen LogP contribution in [-0.2, 0) is 6.42 Å². The standard InChI is InChI=1S/C21H31F3N2O2/c1-15-13-26(14-16(2)25-15)19-5-3-4-11-20(19,27)12-10-17-6-8-18(9-7-17)28-21(22,23)24/h6-9,15-16,19,25,27H,3-5,10-14H2,1-2H3/t15-,16+,19?,20?. The molecule has 2 fully saturated rings. The first-order chi connectivity index (χ1) is 13.1. The van der Waals surface area contributed by atoms with Gasteiger partial charge in [-0.1, -0.05) is 25.0 Å². The number of rotatable bonds is 5. The van der Waals surface area contributed by atoms with Gasteiger partial charge in [-0.3, -0.25) is 4.90 Å². The minimum Gasteiger partial charge on any atom is -0.406 e. The number of aryl methyl sites for hydroxylation is 1. The third-order valence-electron chi connectivity index (χ3n) is 5.99. The summed E-state index contributed by atoms with van der Waals surface area (Å²) in [6.45, 7) is 6.21. The summed E-state index contributed by atoms with van der Waals surface area (Å²) < 4.78 is 40.8. The summed E-state index contributed by atoms with van der Waals surface area (Å²) in [5, 5.41) is 15.0. The van der Waals surface area contributed by atoms with Crippen molar-refractivity contribution in [3.8, 4) is 5.75 Å². The fourth-order valence-electron chi connectivity index (χ4n) is 4.86. The first-order valence-electron chi connectivity index (χ1n) is 10.2. The minimum atomic E-state index is -4.68. The molecule has 1 aliphatic carbocycles. The summed E-state index contributed by atoms with van der Waals surface area (Å²) in [4.78, 5) is 2.44. The molecule has 1 heterocycles. The largest absolute Gasteiger partial charge is 0.573 e. The first-order valence-corrected chi connectivity index (χ1v) is 10.2. The molecule has 4 nitrogen and oxygen atoms in total. The Hall–Kier alpha value is -1.31. The summed E-state index contributed by atoms with van der Waals surface area (Å²) in [5.74, 6) is -0.214. The molecule has 2 N–H and O–H groups in total. The summed E-state index contributed by atoms with van der Waals surface area (Å²) in [6, 6.07) is 6.91. The summed E-state index contributed by atoms with van der Waals surface area (Å²) in [7, 11) is 0. The van der Waals surface area contributed by atoms with Crippen molar-refractivity contribution in [2.24, 2.45) is 0 Å². The van der Waals surface area contributed by atoms with E-state index in [4.69, 9.17) is 0 Å².